The van der Waals surface area contributed by atoms with Crippen molar-refractivity contribution in [1.82, 2.24) is 0 Å². The number of furan rings is 1. The highest BCUT2D eigenvalue weighted by molar-refractivity contribution is 7.22. The first kappa shape index (κ1) is 11.0. The van der Waals surface area contributed by atoms with Crippen LogP contribution in [0.25, 0.3) is 21.2 Å². The molecule has 0 aliphatic rings. The van der Waals surface area contributed by atoms with Crippen molar-refractivity contribution in [3.05, 3.63) is 41.7 Å². The van der Waals surface area contributed by atoms with E-state index in [1.54, 1.807) is 19.5 Å². The van der Waals surface area contributed by atoms with Crippen LogP contribution in [-0.2, 0) is 0 Å². The number of Topliss-reactive ketones (excluding diaryl/α,β-unsaturated/α-hetero) is 1. The van der Waals surface area contributed by atoms with Gasteiger partial charge >= 0.3 is 0 Å². The zero-order chi connectivity index (χ0) is 12.7. The van der Waals surface area contributed by atoms with Gasteiger partial charge in [-0.1, -0.05) is 18.2 Å². The lowest BCUT2D eigenvalue weighted by molar-refractivity contribution is 0.102. The van der Waals surface area contributed by atoms with Crippen LogP contribution < -0.4 is 5.73 Å². The van der Waals surface area contributed by atoms with Crippen molar-refractivity contribution < 1.29 is 9.21 Å². The highest BCUT2D eigenvalue weighted by Crippen LogP contribution is 2.39. The van der Waals surface area contributed by atoms with E-state index in [9.17, 15) is 4.79 Å². The standard InChI is InChI=1S/C14H11NO2S/c1-8(16)13-12(15)11-4-2-3-10(14(11)18-13)9-5-6-17-7-9/h2-7H,15H2,1H3. The van der Waals surface area contributed by atoms with Gasteiger partial charge in [-0.15, -0.1) is 11.3 Å². The fourth-order valence-corrected chi connectivity index (χ4v) is 3.20. The highest BCUT2D eigenvalue weighted by atomic mass is 32.1. The molecular formula is C14H11NO2S. The van der Waals surface area contributed by atoms with Gasteiger partial charge in [-0.05, 0) is 6.07 Å². The van der Waals surface area contributed by atoms with Crippen molar-refractivity contribution in [3.63, 3.8) is 0 Å². The quantitative estimate of drug-likeness (QED) is 0.707. The Labute approximate surface area is 108 Å². The molecule has 4 heteroatoms. The Morgan fingerprint density at radius 1 is 1.33 bits per heavy atom. The number of benzene rings is 1. The topological polar surface area (TPSA) is 56.2 Å². The number of hydrogen-bond acceptors (Lipinski definition) is 4. The van der Waals surface area contributed by atoms with Crippen molar-refractivity contribution in [2.24, 2.45) is 0 Å². The van der Waals surface area contributed by atoms with Crippen LogP contribution in [-0.4, -0.2) is 5.78 Å². The van der Waals surface area contributed by atoms with E-state index in [0.717, 1.165) is 21.2 Å². The largest absolute Gasteiger partial charge is 0.472 e. The Morgan fingerprint density at radius 2 is 2.17 bits per heavy atom. The predicted molar refractivity (Wildman–Crippen MR) is 73.9 cm³/mol. The van der Waals surface area contributed by atoms with Crippen molar-refractivity contribution in [3.8, 4) is 11.1 Å². The molecule has 0 aliphatic heterocycles. The van der Waals surface area contributed by atoms with Crippen molar-refractivity contribution >= 4 is 32.9 Å². The minimum absolute atomic E-state index is 0.00634. The molecule has 0 aliphatic carbocycles. The Kier molecular flexibility index (Phi) is 2.45. The molecule has 3 aromatic rings. The maximum atomic E-state index is 11.5. The molecule has 2 heterocycles. The van der Waals surface area contributed by atoms with Gasteiger partial charge in [-0.3, -0.25) is 4.79 Å². The molecule has 2 aromatic heterocycles. The van der Waals surface area contributed by atoms with Gasteiger partial charge in [0.1, 0.15) is 0 Å². The van der Waals surface area contributed by atoms with E-state index in [4.69, 9.17) is 10.2 Å². The van der Waals surface area contributed by atoms with Gasteiger partial charge in [0, 0.05) is 28.1 Å². The third kappa shape index (κ3) is 1.54. The summed E-state index contributed by atoms with van der Waals surface area (Å²) in [4.78, 5) is 12.2. The smallest absolute Gasteiger partial charge is 0.171 e. The summed E-state index contributed by atoms with van der Waals surface area (Å²) in [5, 5.41) is 0.934. The van der Waals surface area contributed by atoms with E-state index in [-0.39, 0.29) is 5.78 Å². The number of rotatable bonds is 2. The van der Waals surface area contributed by atoms with Crippen LogP contribution in [0.4, 0.5) is 5.69 Å². The number of hydrogen-bond donors (Lipinski definition) is 1. The van der Waals surface area contributed by atoms with Crippen LogP contribution in [0.15, 0.2) is 41.2 Å². The monoisotopic (exact) mass is 257 g/mol. The minimum Gasteiger partial charge on any atom is -0.472 e. The lowest BCUT2D eigenvalue weighted by atomic mass is 10.1. The van der Waals surface area contributed by atoms with Gasteiger partial charge in [-0.2, -0.15) is 0 Å². The number of ketones is 1. The number of carbonyl (C=O) groups excluding carboxylic acids is 1. The normalized spacial score (nSPS) is 10.9. The lowest BCUT2D eigenvalue weighted by Crippen LogP contribution is -1.93. The summed E-state index contributed by atoms with van der Waals surface area (Å²) < 4.78 is 6.14. The van der Waals surface area contributed by atoms with Gasteiger partial charge in [-0.25, -0.2) is 0 Å². The van der Waals surface area contributed by atoms with E-state index < -0.39 is 0 Å². The molecule has 18 heavy (non-hydrogen) atoms. The molecule has 1 aromatic carbocycles. The van der Waals surface area contributed by atoms with E-state index in [1.165, 1.54) is 11.3 Å². The number of fused-ring (bicyclic) bond motifs is 1. The molecule has 0 radical (unpaired) electrons. The molecule has 0 unspecified atom stereocenters. The van der Waals surface area contributed by atoms with Crippen LogP contribution in [0.2, 0.25) is 0 Å². The summed E-state index contributed by atoms with van der Waals surface area (Å²) in [5.41, 5.74) is 8.65. The maximum absolute atomic E-state index is 11.5. The predicted octanol–water partition coefficient (Wildman–Crippen LogP) is 3.95. The summed E-state index contributed by atoms with van der Waals surface area (Å²) in [5.74, 6) is 0.00634. The molecule has 0 atom stereocenters. The van der Waals surface area contributed by atoms with E-state index in [1.807, 2.05) is 24.3 Å². The second-order valence-corrected chi connectivity index (χ2v) is 5.12. The van der Waals surface area contributed by atoms with Gasteiger partial charge < -0.3 is 10.2 Å². The zero-order valence-electron chi connectivity index (χ0n) is 9.77. The summed E-state index contributed by atoms with van der Waals surface area (Å²) in [7, 11) is 0. The molecule has 0 saturated heterocycles. The number of nitrogen functional groups attached to an aromatic ring is 1. The molecule has 0 amide bonds. The van der Waals surface area contributed by atoms with Crippen LogP contribution in [0.5, 0.6) is 0 Å². The highest BCUT2D eigenvalue weighted by Gasteiger charge is 2.16. The molecule has 0 fully saturated rings. The third-order valence-electron chi connectivity index (χ3n) is 2.91. The van der Waals surface area contributed by atoms with Crippen molar-refractivity contribution in [2.45, 2.75) is 6.92 Å². The van der Waals surface area contributed by atoms with Crippen LogP contribution in [0.3, 0.4) is 0 Å². The molecule has 2 N–H and O–H groups in total. The average molecular weight is 257 g/mol. The minimum atomic E-state index is 0.00634. The maximum Gasteiger partial charge on any atom is 0.171 e. The fraction of sp³-hybridized carbons (Fsp3) is 0.0714. The molecular weight excluding hydrogens is 246 g/mol. The van der Waals surface area contributed by atoms with Crippen molar-refractivity contribution in [1.29, 1.82) is 0 Å². The SMILES string of the molecule is CC(=O)c1sc2c(-c3ccoc3)cccc2c1N. The van der Waals surface area contributed by atoms with Gasteiger partial charge in [0.15, 0.2) is 5.78 Å². The van der Waals surface area contributed by atoms with E-state index in [0.29, 0.717) is 10.6 Å². The summed E-state index contributed by atoms with van der Waals surface area (Å²) in [6, 6.07) is 7.79. The summed E-state index contributed by atoms with van der Waals surface area (Å²) in [6.45, 7) is 1.54. The second-order valence-electron chi connectivity index (χ2n) is 4.10. The second kappa shape index (κ2) is 3.99. The van der Waals surface area contributed by atoms with Crippen LogP contribution >= 0.6 is 11.3 Å². The van der Waals surface area contributed by atoms with Gasteiger partial charge in [0.05, 0.1) is 23.1 Å². The van der Waals surface area contributed by atoms with Crippen molar-refractivity contribution in [2.75, 3.05) is 5.73 Å². The van der Waals surface area contributed by atoms with Gasteiger partial charge in [0.25, 0.3) is 0 Å². The molecule has 0 saturated carbocycles. The fourth-order valence-electron chi connectivity index (χ4n) is 2.04. The van der Waals surface area contributed by atoms with Crippen LogP contribution in [0, 0.1) is 0 Å². The number of nitrogens with two attached hydrogens (primary N) is 1. The van der Waals surface area contributed by atoms with Crippen LogP contribution in [0.1, 0.15) is 16.6 Å². The number of anilines is 1. The summed E-state index contributed by atoms with van der Waals surface area (Å²) >= 11 is 1.44. The first-order chi connectivity index (χ1) is 8.68. The molecule has 0 spiro atoms. The first-order valence-corrected chi connectivity index (χ1v) is 6.34. The Bertz CT molecular complexity index is 726. The average Bonchev–Trinajstić information content (AvgIpc) is 2.97. The third-order valence-corrected chi connectivity index (χ3v) is 4.26. The first-order valence-electron chi connectivity index (χ1n) is 5.53. The van der Waals surface area contributed by atoms with Gasteiger partial charge in [0.2, 0.25) is 0 Å². The lowest BCUT2D eigenvalue weighted by Gasteiger charge is -1.99. The molecule has 3 nitrogen and oxygen atoms in total. The Morgan fingerprint density at radius 3 is 2.83 bits per heavy atom. The van der Waals surface area contributed by atoms with E-state index in [2.05, 4.69) is 0 Å². The molecule has 90 valence electrons. The zero-order valence-corrected chi connectivity index (χ0v) is 10.6. The number of thiophene rings is 1. The molecule has 0 bridgehead atoms. The Hall–Kier alpha value is -2.07. The summed E-state index contributed by atoms with van der Waals surface area (Å²) in [6.07, 6.45) is 3.33. The van der Waals surface area contributed by atoms with E-state index >= 15 is 0 Å². The molecule has 3 rings (SSSR count). The Balaban J connectivity index is 2.35. The number of carbonyl (C=O) groups is 1.